The Kier molecular flexibility index (Phi) is 7.40. The molecule has 0 radical (unpaired) electrons. The zero-order chi connectivity index (χ0) is 25.1. The molecule has 3 aromatic rings. The SMILES string of the molecule is CC1CC(=CO)C1.COc1ccc2nc(N)sc2c1C(=O)Nc1cc(C)ccc1C(=O)C1CCC1. The first-order valence-electron chi connectivity index (χ1n) is 11.8. The minimum absolute atomic E-state index is 0.0534. The summed E-state index contributed by atoms with van der Waals surface area (Å²) in [7, 11) is 1.51. The quantitative estimate of drug-likeness (QED) is 0.284. The molecule has 0 bridgehead atoms. The number of allylic oxidation sites excluding steroid dienone is 1. The number of anilines is 2. The lowest BCUT2D eigenvalue weighted by atomic mass is 9.79. The summed E-state index contributed by atoms with van der Waals surface area (Å²) in [5, 5.41) is 11.7. The summed E-state index contributed by atoms with van der Waals surface area (Å²) in [5.74, 6) is 1.05. The number of amides is 1. The number of fused-ring (bicyclic) bond motifs is 1. The number of aromatic nitrogens is 1. The molecule has 2 aromatic carbocycles. The number of nitrogens with zero attached hydrogens (tertiary/aromatic N) is 1. The van der Waals surface area contributed by atoms with Crippen molar-refractivity contribution < 1.29 is 19.4 Å². The van der Waals surface area contributed by atoms with Crippen molar-refractivity contribution in [2.45, 2.75) is 46.0 Å². The van der Waals surface area contributed by atoms with E-state index in [4.69, 9.17) is 15.6 Å². The highest BCUT2D eigenvalue weighted by Crippen LogP contribution is 2.36. The van der Waals surface area contributed by atoms with Gasteiger partial charge in [-0.3, -0.25) is 9.59 Å². The van der Waals surface area contributed by atoms with Gasteiger partial charge in [-0.1, -0.05) is 30.7 Å². The number of nitrogens with one attached hydrogen (secondary N) is 1. The van der Waals surface area contributed by atoms with Crippen LogP contribution >= 0.6 is 11.3 Å². The van der Waals surface area contributed by atoms with Crippen molar-refractivity contribution in [2.75, 3.05) is 18.2 Å². The van der Waals surface area contributed by atoms with E-state index in [2.05, 4.69) is 17.2 Å². The number of thiazole rings is 1. The number of methoxy groups -OCH3 is 1. The highest BCUT2D eigenvalue weighted by Gasteiger charge is 2.29. The summed E-state index contributed by atoms with van der Waals surface area (Å²) in [6.07, 6.45) is 6.35. The minimum atomic E-state index is -0.348. The van der Waals surface area contributed by atoms with Gasteiger partial charge >= 0.3 is 0 Å². The Morgan fingerprint density at radius 1 is 1.23 bits per heavy atom. The number of aliphatic hydroxyl groups is 1. The number of ketones is 1. The molecular formula is C27H31N3O4S. The highest BCUT2D eigenvalue weighted by molar-refractivity contribution is 7.22. The average molecular weight is 494 g/mol. The summed E-state index contributed by atoms with van der Waals surface area (Å²) in [6.45, 7) is 4.12. The van der Waals surface area contributed by atoms with E-state index >= 15 is 0 Å². The van der Waals surface area contributed by atoms with E-state index in [9.17, 15) is 9.59 Å². The molecule has 1 heterocycles. The molecule has 0 spiro atoms. The van der Waals surface area contributed by atoms with E-state index in [0.29, 0.717) is 37.9 Å². The van der Waals surface area contributed by atoms with Crippen molar-refractivity contribution in [3.8, 4) is 5.75 Å². The van der Waals surface area contributed by atoms with E-state index in [1.165, 1.54) is 30.3 Å². The summed E-state index contributed by atoms with van der Waals surface area (Å²) < 4.78 is 6.06. The fraction of sp³-hybridized carbons (Fsp3) is 0.370. The number of hydrogen-bond acceptors (Lipinski definition) is 7. The van der Waals surface area contributed by atoms with Gasteiger partial charge in [0.05, 0.1) is 29.3 Å². The number of nitrogens with two attached hydrogens (primary N) is 1. The molecule has 5 rings (SSSR count). The van der Waals surface area contributed by atoms with Gasteiger partial charge in [-0.25, -0.2) is 4.98 Å². The molecule has 8 heteroatoms. The van der Waals surface area contributed by atoms with Crippen LogP contribution in [0.15, 0.2) is 42.2 Å². The molecule has 2 aliphatic rings. The third-order valence-electron chi connectivity index (χ3n) is 6.55. The molecular weight excluding hydrogens is 462 g/mol. The first kappa shape index (κ1) is 24.7. The molecule has 0 aliphatic heterocycles. The Bertz CT molecular complexity index is 1290. The van der Waals surface area contributed by atoms with E-state index in [0.717, 1.165) is 43.6 Å². The number of benzene rings is 2. The normalized spacial score (nSPS) is 17.0. The maximum atomic E-state index is 13.2. The fourth-order valence-corrected chi connectivity index (χ4v) is 5.24. The van der Waals surface area contributed by atoms with Crippen molar-refractivity contribution >= 4 is 44.1 Å². The second-order valence-electron chi connectivity index (χ2n) is 9.34. The topological polar surface area (TPSA) is 115 Å². The van der Waals surface area contributed by atoms with Gasteiger partial charge in [-0.15, -0.1) is 0 Å². The van der Waals surface area contributed by atoms with Gasteiger partial charge in [-0.2, -0.15) is 0 Å². The Morgan fingerprint density at radius 3 is 2.54 bits per heavy atom. The minimum Gasteiger partial charge on any atom is -0.516 e. The molecule has 184 valence electrons. The van der Waals surface area contributed by atoms with Gasteiger partial charge in [0.25, 0.3) is 5.91 Å². The molecule has 0 saturated heterocycles. The second-order valence-corrected chi connectivity index (χ2v) is 10.4. The highest BCUT2D eigenvalue weighted by atomic mass is 32.1. The zero-order valence-electron chi connectivity index (χ0n) is 20.3. The maximum Gasteiger partial charge on any atom is 0.260 e. The number of aryl methyl sites for hydroxylation is 1. The lowest BCUT2D eigenvalue weighted by Gasteiger charge is -2.25. The predicted molar refractivity (Wildman–Crippen MR) is 140 cm³/mol. The zero-order valence-corrected chi connectivity index (χ0v) is 21.1. The van der Waals surface area contributed by atoms with Crippen LogP contribution in [-0.4, -0.2) is 28.9 Å². The Morgan fingerprint density at radius 2 is 1.97 bits per heavy atom. The molecule has 0 unspecified atom stereocenters. The number of carbonyl (C=O) groups excluding carboxylic acids is 2. The number of Topliss-reactive ketones (excluding diaryl/α,β-unsaturated/α-hetero) is 1. The van der Waals surface area contributed by atoms with Crippen LogP contribution in [0.4, 0.5) is 10.8 Å². The fourth-order valence-electron chi connectivity index (χ4n) is 4.37. The van der Waals surface area contributed by atoms with Crippen molar-refractivity contribution in [3.05, 3.63) is 58.9 Å². The van der Waals surface area contributed by atoms with E-state index in [-0.39, 0.29) is 17.6 Å². The monoisotopic (exact) mass is 493 g/mol. The van der Waals surface area contributed by atoms with Gasteiger partial charge in [0, 0.05) is 11.5 Å². The first-order valence-corrected chi connectivity index (χ1v) is 12.6. The van der Waals surface area contributed by atoms with E-state index in [1.54, 1.807) is 18.2 Å². The van der Waals surface area contributed by atoms with Crippen LogP contribution in [0.3, 0.4) is 0 Å². The first-order chi connectivity index (χ1) is 16.8. The van der Waals surface area contributed by atoms with Gasteiger partial charge in [-0.05, 0) is 73.9 Å². The summed E-state index contributed by atoms with van der Waals surface area (Å²) >= 11 is 1.24. The van der Waals surface area contributed by atoms with Crippen molar-refractivity contribution in [3.63, 3.8) is 0 Å². The van der Waals surface area contributed by atoms with Crippen LogP contribution < -0.4 is 15.8 Å². The van der Waals surface area contributed by atoms with Gasteiger partial charge in [0.1, 0.15) is 11.3 Å². The van der Waals surface area contributed by atoms with Gasteiger partial charge < -0.3 is 20.9 Å². The third-order valence-corrected chi connectivity index (χ3v) is 7.47. The molecule has 7 nitrogen and oxygen atoms in total. The molecule has 2 aliphatic carbocycles. The van der Waals surface area contributed by atoms with Crippen molar-refractivity contribution in [2.24, 2.45) is 11.8 Å². The van der Waals surface area contributed by atoms with Crippen LogP contribution in [0.5, 0.6) is 5.75 Å². The van der Waals surface area contributed by atoms with E-state index < -0.39 is 0 Å². The summed E-state index contributed by atoms with van der Waals surface area (Å²) in [4.78, 5) is 30.3. The largest absolute Gasteiger partial charge is 0.516 e. The van der Waals surface area contributed by atoms with Crippen LogP contribution in [0.1, 0.15) is 65.3 Å². The van der Waals surface area contributed by atoms with Crippen LogP contribution in [-0.2, 0) is 0 Å². The molecule has 0 atom stereocenters. The lowest BCUT2D eigenvalue weighted by Crippen LogP contribution is -2.24. The van der Waals surface area contributed by atoms with Crippen LogP contribution in [0.2, 0.25) is 0 Å². The third kappa shape index (κ3) is 5.32. The van der Waals surface area contributed by atoms with Gasteiger partial charge in [0.2, 0.25) is 0 Å². The van der Waals surface area contributed by atoms with Crippen LogP contribution in [0.25, 0.3) is 10.2 Å². The number of carbonyl (C=O) groups is 2. The molecule has 1 amide bonds. The maximum absolute atomic E-state index is 13.2. The number of hydrogen-bond donors (Lipinski definition) is 3. The number of aliphatic hydroxyl groups excluding tert-OH is 1. The smallest absolute Gasteiger partial charge is 0.260 e. The average Bonchev–Trinajstić information content (AvgIpc) is 3.15. The molecule has 2 saturated carbocycles. The molecule has 35 heavy (non-hydrogen) atoms. The Balaban J connectivity index is 0.000000356. The number of rotatable bonds is 5. The number of ether oxygens (including phenoxy) is 1. The molecule has 1 aromatic heterocycles. The summed E-state index contributed by atoms with van der Waals surface area (Å²) in [5.41, 5.74) is 10.1. The predicted octanol–water partition coefficient (Wildman–Crippen LogP) is 6.29. The summed E-state index contributed by atoms with van der Waals surface area (Å²) in [6, 6.07) is 9.00. The lowest BCUT2D eigenvalue weighted by molar-refractivity contribution is 0.0856. The number of nitrogen functional groups attached to an aromatic ring is 1. The van der Waals surface area contributed by atoms with Crippen LogP contribution in [0, 0.1) is 18.8 Å². The molecule has 2 fully saturated rings. The van der Waals surface area contributed by atoms with Crippen molar-refractivity contribution in [1.29, 1.82) is 0 Å². The standard InChI is InChI=1S/C21H21N3O3S.C6H10O/c1-11-6-7-13(18(25)12-4-3-5-12)15(10-11)23-20(26)17-16(27-2)9-8-14-19(17)28-21(22)24-14;1-5-2-6(3-5)4-7/h6-10,12H,3-5H2,1-2H3,(H2,22,24)(H,23,26);4-5,7H,2-3H2,1H3. The van der Waals surface area contributed by atoms with Crippen molar-refractivity contribution in [1.82, 2.24) is 4.98 Å². The Labute approximate surface area is 209 Å². The van der Waals surface area contributed by atoms with E-state index in [1.807, 2.05) is 19.1 Å². The second kappa shape index (κ2) is 10.5. The molecule has 4 N–H and O–H groups in total. The van der Waals surface area contributed by atoms with Gasteiger partial charge in [0.15, 0.2) is 10.9 Å². The Hall–Kier alpha value is -3.39.